The van der Waals surface area contributed by atoms with E-state index >= 15 is 0 Å². The van der Waals surface area contributed by atoms with E-state index in [1.165, 1.54) is 29.9 Å². The number of carbonyl (C=O) groups is 1. The number of hydrogen-bond donors (Lipinski definition) is 1. The molecule has 0 saturated carbocycles. The van der Waals surface area contributed by atoms with Gasteiger partial charge in [0.2, 0.25) is 0 Å². The first-order valence-corrected chi connectivity index (χ1v) is 10.6. The van der Waals surface area contributed by atoms with E-state index < -0.39 is 33.1 Å². The molecule has 30 heavy (non-hydrogen) atoms. The summed E-state index contributed by atoms with van der Waals surface area (Å²) in [4.78, 5) is 16.5. The number of hydrogen-bond acceptors (Lipinski definition) is 4. The standard InChI is InChI=1S/C21H21F2N3O3S/c1-12(2)14-9-8-13(3)18(10-14)30(28,29)25-21(27)17-11-26(4)20(24-17)19-15(22)6-5-7-16(19)23/h5-12H,1-4H3,(H,25,27). The maximum absolute atomic E-state index is 14.1. The Morgan fingerprint density at radius 1 is 1.13 bits per heavy atom. The van der Waals surface area contributed by atoms with Gasteiger partial charge >= 0.3 is 0 Å². The molecule has 3 aromatic rings. The van der Waals surface area contributed by atoms with Gasteiger partial charge < -0.3 is 4.57 Å². The topological polar surface area (TPSA) is 81.1 Å². The average molecular weight is 433 g/mol. The molecule has 1 heterocycles. The van der Waals surface area contributed by atoms with E-state index in [1.54, 1.807) is 13.0 Å². The van der Waals surface area contributed by atoms with Crippen LogP contribution in [-0.2, 0) is 17.1 Å². The van der Waals surface area contributed by atoms with Gasteiger partial charge in [-0.3, -0.25) is 4.79 Å². The lowest BCUT2D eigenvalue weighted by Crippen LogP contribution is -2.31. The molecule has 0 fully saturated rings. The fourth-order valence-electron chi connectivity index (χ4n) is 3.01. The molecule has 9 heteroatoms. The summed E-state index contributed by atoms with van der Waals surface area (Å²) in [6, 6.07) is 8.38. The molecule has 3 rings (SSSR count). The smallest absolute Gasteiger partial charge is 0.285 e. The molecule has 2 aromatic carbocycles. The Hall–Kier alpha value is -3.07. The van der Waals surface area contributed by atoms with Crippen molar-refractivity contribution in [2.45, 2.75) is 31.6 Å². The predicted molar refractivity (Wildman–Crippen MR) is 108 cm³/mol. The van der Waals surface area contributed by atoms with Crippen LogP contribution in [0, 0.1) is 18.6 Å². The number of benzene rings is 2. The molecule has 1 amide bonds. The maximum atomic E-state index is 14.1. The third-order valence-corrected chi connectivity index (χ3v) is 6.16. The van der Waals surface area contributed by atoms with Crippen LogP contribution in [0.3, 0.4) is 0 Å². The van der Waals surface area contributed by atoms with Crippen LogP contribution in [-0.4, -0.2) is 23.9 Å². The van der Waals surface area contributed by atoms with E-state index in [0.717, 1.165) is 17.7 Å². The average Bonchev–Trinajstić information content (AvgIpc) is 3.03. The van der Waals surface area contributed by atoms with Crippen LogP contribution in [0.5, 0.6) is 0 Å². The molecule has 0 aliphatic carbocycles. The zero-order valence-electron chi connectivity index (χ0n) is 16.9. The van der Waals surface area contributed by atoms with E-state index in [-0.39, 0.29) is 22.3 Å². The highest BCUT2D eigenvalue weighted by Gasteiger charge is 2.25. The van der Waals surface area contributed by atoms with E-state index in [2.05, 4.69) is 4.98 Å². The molecule has 0 unspecified atom stereocenters. The lowest BCUT2D eigenvalue weighted by molar-refractivity contribution is 0.0977. The third-order valence-electron chi connectivity index (χ3n) is 4.69. The molecule has 0 aliphatic heterocycles. The van der Waals surface area contributed by atoms with Crippen LogP contribution in [0.15, 0.2) is 47.5 Å². The predicted octanol–water partition coefficient (Wildman–Crippen LogP) is 3.92. The van der Waals surface area contributed by atoms with E-state index in [1.807, 2.05) is 24.6 Å². The highest BCUT2D eigenvalue weighted by molar-refractivity contribution is 7.90. The van der Waals surface area contributed by atoms with Gasteiger partial charge in [0.05, 0.1) is 10.5 Å². The van der Waals surface area contributed by atoms with Crippen LogP contribution in [0.25, 0.3) is 11.4 Å². The Morgan fingerprint density at radius 2 is 1.77 bits per heavy atom. The highest BCUT2D eigenvalue weighted by Crippen LogP contribution is 2.25. The Labute approximate surface area is 173 Å². The van der Waals surface area contributed by atoms with Gasteiger partial charge in [-0.15, -0.1) is 0 Å². The maximum Gasteiger partial charge on any atom is 0.285 e. The molecule has 0 bridgehead atoms. The van der Waals surface area contributed by atoms with Crippen molar-refractivity contribution in [2.75, 3.05) is 0 Å². The summed E-state index contributed by atoms with van der Waals surface area (Å²) >= 11 is 0. The SMILES string of the molecule is Cc1ccc(C(C)C)cc1S(=O)(=O)NC(=O)c1cn(C)c(-c2c(F)cccc2F)n1. The number of imidazole rings is 1. The van der Waals surface area contributed by atoms with Gasteiger partial charge in [0, 0.05) is 13.2 Å². The zero-order chi connectivity index (χ0) is 22.2. The Kier molecular flexibility index (Phi) is 5.76. The molecule has 0 saturated heterocycles. The molecule has 1 N–H and O–H groups in total. The van der Waals surface area contributed by atoms with Gasteiger partial charge in [-0.2, -0.15) is 0 Å². The van der Waals surface area contributed by atoms with Crippen molar-refractivity contribution in [3.63, 3.8) is 0 Å². The summed E-state index contributed by atoms with van der Waals surface area (Å²) in [6.07, 6.45) is 1.21. The summed E-state index contributed by atoms with van der Waals surface area (Å²) in [5.41, 5.74) is 0.609. The quantitative estimate of drug-likeness (QED) is 0.661. The van der Waals surface area contributed by atoms with Gasteiger partial charge in [0.1, 0.15) is 23.2 Å². The van der Waals surface area contributed by atoms with Crippen molar-refractivity contribution in [3.05, 3.63) is 71.1 Å². The number of aromatic nitrogens is 2. The van der Waals surface area contributed by atoms with Crippen molar-refractivity contribution in [1.82, 2.24) is 14.3 Å². The largest absolute Gasteiger partial charge is 0.333 e. The molecule has 0 radical (unpaired) electrons. The van der Waals surface area contributed by atoms with Crippen molar-refractivity contribution >= 4 is 15.9 Å². The van der Waals surface area contributed by atoms with Gasteiger partial charge in [0.15, 0.2) is 0 Å². The first-order chi connectivity index (χ1) is 14.0. The molecule has 0 aliphatic rings. The van der Waals surface area contributed by atoms with Crippen molar-refractivity contribution < 1.29 is 22.0 Å². The highest BCUT2D eigenvalue weighted by atomic mass is 32.2. The van der Waals surface area contributed by atoms with E-state index in [4.69, 9.17) is 0 Å². The molecule has 0 atom stereocenters. The van der Waals surface area contributed by atoms with Gasteiger partial charge in [0.25, 0.3) is 15.9 Å². The van der Waals surface area contributed by atoms with Crippen molar-refractivity contribution in [2.24, 2.45) is 7.05 Å². The minimum atomic E-state index is -4.18. The monoisotopic (exact) mass is 433 g/mol. The fraction of sp³-hybridized carbons (Fsp3) is 0.238. The van der Waals surface area contributed by atoms with E-state index in [9.17, 15) is 22.0 Å². The number of sulfonamides is 1. The molecule has 1 aromatic heterocycles. The number of nitrogens with one attached hydrogen (secondary N) is 1. The Bertz CT molecular complexity index is 1210. The van der Waals surface area contributed by atoms with Crippen LogP contribution in [0.1, 0.15) is 41.4 Å². The number of amides is 1. The first kappa shape index (κ1) is 21.6. The molecule has 6 nitrogen and oxygen atoms in total. The lowest BCUT2D eigenvalue weighted by Gasteiger charge is -2.12. The van der Waals surface area contributed by atoms with Crippen molar-refractivity contribution in [3.8, 4) is 11.4 Å². The molecular formula is C21H21F2N3O3S. The number of nitrogens with zero attached hydrogens (tertiary/aromatic N) is 2. The summed E-state index contributed by atoms with van der Waals surface area (Å²) in [5, 5.41) is 0. The second-order valence-corrected chi connectivity index (χ2v) is 8.92. The second kappa shape index (κ2) is 7.98. The second-order valence-electron chi connectivity index (χ2n) is 7.27. The van der Waals surface area contributed by atoms with Gasteiger partial charge in [-0.25, -0.2) is 26.9 Å². The third kappa shape index (κ3) is 4.11. The van der Waals surface area contributed by atoms with Gasteiger partial charge in [-0.05, 0) is 42.2 Å². The Balaban J connectivity index is 1.95. The minimum Gasteiger partial charge on any atom is -0.333 e. The number of rotatable bonds is 5. The Morgan fingerprint density at radius 3 is 2.37 bits per heavy atom. The minimum absolute atomic E-state index is 0.0154. The molecular weight excluding hydrogens is 412 g/mol. The summed E-state index contributed by atoms with van der Waals surface area (Å²) in [7, 11) is -2.72. The number of halogens is 2. The van der Waals surface area contributed by atoms with Crippen LogP contribution < -0.4 is 4.72 Å². The summed E-state index contributed by atoms with van der Waals surface area (Å²) in [6.45, 7) is 5.48. The normalized spacial score (nSPS) is 11.7. The fourth-order valence-corrected chi connectivity index (χ4v) is 4.26. The van der Waals surface area contributed by atoms with Gasteiger partial charge in [-0.1, -0.05) is 32.0 Å². The van der Waals surface area contributed by atoms with E-state index in [0.29, 0.717) is 5.56 Å². The number of aryl methyl sites for hydroxylation is 2. The van der Waals surface area contributed by atoms with Crippen LogP contribution in [0.4, 0.5) is 8.78 Å². The molecule has 158 valence electrons. The first-order valence-electron chi connectivity index (χ1n) is 9.16. The van der Waals surface area contributed by atoms with Crippen LogP contribution >= 0.6 is 0 Å². The summed E-state index contributed by atoms with van der Waals surface area (Å²) in [5.74, 6) is -2.72. The lowest BCUT2D eigenvalue weighted by atomic mass is 10.0. The number of carbonyl (C=O) groups excluding carboxylic acids is 1. The van der Waals surface area contributed by atoms with Crippen molar-refractivity contribution in [1.29, 1.82) is 0 Å². The molecule has 0 spiro atoms. The zero-order valence-corrected chi connectivity index (χ0v) is 17.7. The van der Waals surface area contributed by atoms with Crippen LogP contribution in [0.2, 0.25) is 0 Å². The summed E-state index contributed by atoms with van der Waals surface area (Å²) < 4.78 is 57.0.